The average Bonchev–Trinajstić information content (AvgIpc) is 3.26. The topological polar surface area (TPSA) is 25.8 Å². The molecule has 0 aliphatic carbocycles. The first-order valence-corrected chi connectivity index (χ1v) is 12.7. The van der Waals surface area contributed by atoms with Gasteiger partial charge in [-0.2, -0.15) is 0 Å². The van der Waals surface area contributed by atoms with Crippen molar-refractivity contribution in [1.82, 2.24) is 9.97 Å². The van der Waals surface area contributed by atoms with Crippen molar-refractivity contribution in [3.8, 4) is 11.3 Å². The van der Waals surface area contributed by atoms with Crippen molar-refractivity contribution in [2.24, 2.45) is 0 Å². The van der Waals surface area contributed by atoms with E-state index in [-0.39, 0.29) is 5.41 Å². The van der Waals surface area contributed by atoms with E-state index in [0.717, 1.165) is 23.2 Å². The largest absolute Gasteiger partial charge is 0.235 e. The fourth-order valence-corrected chi connectivity index (χ4v) is 7.40. The molecule has 0 saturated heterocycles. The third-order valence-electron chi connectivity index (χ3n) is 5.58. The Bertz CT molecular complexity index is 1300. The van der Waals surface area contributed by atoms with Gasteiger partial charge < -0.3 is 0 Å². The number of fused-ring (bicyclic) bond motifs is 5. The number of hydrogen-bond acceptors (Lipinski definition) is 5. The maximum Gasteiger partial charge on any atom is 0.116 e. The molecule has 4 aromatic rings. The Balaban J connectivity index is 1.75. The van der Waals surface area contributed by atoms with Gasteiger partial charge in [0.1, 0.15) is 6.33 Å². The lowest BCUT2D eigenvalue weighted by Crippen LogP contribution is -2.12. The molecule has 0 N–H and O–H groups in total. The quantitative estimate of drug-likeness (QED) is 0.296. The molecular formula is C25H24N2S3. The Morgan fingerprint density at radius 2 is 2.00 bits per heavy atom. The molecule has 0 spiro atoms. The molecule has 3 heterocycles. The number of hydrogen-bond donors (Lipinski definition) is 0. The van der Waals surface area contributed by atoms with E-state index in [1.165, 1.54) is 35.7 Å². The fraction of sp³-hybridized carbons (Fsp3) is 0.280. The summed E-state index contributed by atoms with van der Waals surface area (Å²) < 4.78 is 2.50. The third-order valence-corrected chi connectivity index (χ3v) is 8.71. The van der Waals surface area contributed by atoms with Crippen molar-refractivity contribution in [2.75, 3.05) is 0 Å². The summed E-state index contributed by atoms with van der Waals surface area (Å²) in [6.07, 6.45) is 2.85. The van der Waals surface area contributed by atoms with Crippen LogP contribution in [0.1, 0.15) is 38.8 Å². The molecule has 0 radical (unpaired) electrons. The van der Waals surface area contributed by atoms with Gasteiger partial charge in [0.05, 0.1) is 15.9 Å². The maximum absolute atomic E-state index is 4.75. The Labute approximate surface area is 190 Å². The summed E-state index contributed by atoms with van der Waals surface area (Å²) in [5.41, 5.74) is 6.13. The van der Waals surface area contributed by atoms with Crippen molar-refractivity contribution in [3.05, 3.63) is 59.8 Å². The lowest BCUT2D eigenvalue weighted by atomic mass is 9.85. The number of thiophene rings is 1. The van der Waals surface area contributed by atoms with Gasteiger partial charge in [-0.05, 0) is 52.6 Å². The highest BCUT2D eigenvalue weighted by atomic mass is 32.2. The zero-order chi connectivity index (χ0) is 21.0. The summed E-state index contributed by atoms with van der Waals surface area (Å²) in [5.74, 6) is 0. The summed E-state index contributed by atoms with van der Waals surface area (Å²) in [5, 5.41) is 3.87. The lowest BCUT2D eigenvalue weighted by molar-refractivity contribution is 0.578. The van der Waals surface area contributed by atoms with Crippen LogP contribution in [-0.4, -0.2) is 15.2 Å². The van der Waals surface area contributed by atoms with Crippen LogP contribution in [0.4, 0.5) is 0 Å². The molecule has 0 saturated carbocycles. The lowest BCUT2D eigenvalue weighted by Gasteiger charge is -2.23. The Kier molecular flexibility index (Phi) is 4.96. The van der Waals surface area contributed by atoms with Gasteiger partial charge in [-0.15, -0.1) is 23.1 Å². The van der Waals surface area contributed by atoms with E-state index in [2.05, 4.69) is 64.6 Å². The van der Waals surface area contributed by atoms with Crippen LogP contribution in [0.5, 0.6) is 0 Å². The molecule has 30 heavy (non-hydrogen) atoms. The van der Waals surface area contributed by atoms with E-state index in [0.29, 0.717) is 5.25 Å². The minimum atomic E-state index is 0.0435. The number of nitrogens with zero attached hydrogens (tertiary/aromatic N) is 2. The predicted molar refractivity (Wildman–Crippen MR) is 134 cm³/mol. The van der Waals surface area contributed by atoms with E-state index in [1.807, 2.05) is 28.5 Å². The first-order valence-electron chi connectivity index (χ1n) is 10.1. The van der Waals surface area contributed by atoms with E-state index in [1.54, 1.807) is 18.1 Å². The van der Waals surface area contributed by atoms with Crippen LogP contribution in [0.15, 0.2) is 58.4 Å². The summed E-state index contributed by atoms with van der Waals surface area (Å²) in [4.78, 5) is 12.2. The highest BCUT2D eigenvalue weighted by Gasteiger charge is 2.25. The minimum absolute atomic E-state index is 0.0435. The van der Waals surface area contributed by atoms with Gasteiger partial charge in [0.15, 0.2) is 0 Å². The molecule has 1 aliphatic rings. The van der Waals surface area contributed by atoms with Crippen molar-refractivity contribution >= 4 is 55.2 Å². The van der Waals surface area contributed by atoms with Crippen LogP contribution in [0.3, 0.4) is 0 Å². The molecule has 1 aliphatic heterocycles. The van der Waals surface area contributed by atoms with Gasteiger partial charge in [0.25, 0.3) is 0 Å². The van der Waals surface area contributed by atoms with Crippen LogP contribution in [0.25, 0.3) is 31.6 Å². The van der Waals surface area contributed by atoms with Crippen LogP contribution in [0.2, 0.25) is 0 Å². The van der Waals surface area contributed by atoms with Gasteiger partial charge in [0, 0.05) is 30.7 Å². The van der Waals surface area contributed by atoms with Crippen LogP contribution in [0, 0.1) is 0 Å². The summed E-state index contributed by atoms with van der Waals surface area (Å²) >= 11 is 5.49. The Morgan fingerprint density at radius 1 is 1.17 bits per heavy atom. The van der Waals surface area contributed by atoms with Gasteiger partial charge in [-0.25, -0.2) is 9.97 Å². The molecule has 0 amide bonds. The highest BCUT2D eigenvalue weighted by molar-refractivity contribution is 8.02. The fourth-order valence-electron chi connectivity index (χ4n) is 4.23. The zero-order valence-electron chi connectivity index (χ0n) is 17.7. The molecule has 152 valence electrons. The van der Waals surface area contributed by atoms with Gasteiger partial charge in [-0.1, -0.05) is 52.1 Å². The molecule has 0 fully saturated rings. The average molecular weight is 449 g/mol. The molecule has 5 rings (SSSR count). The van der Waals surface area contributed by atoms with E-state index in [4.69, 9.17) is 9.97 Å². The predicted octanol–water partition coefficient (Wildman–Crippen LogP) is 8.08. The van der Waals surface area contributed by atoms with E-state index < -0.39 is 0 Å². The van der Waals surface area contributed by atoms with Crippen LogP contribution >= 0.6 is 34.9 Å². The third kappa shape index (κ3) is 3.28. The van der Waals surface area contributed by atoms with Crippen molar-refractivity contribution in [3.63, 3.8) is 0 Å². The standard InChI is InChI=1S/C25H24N2S3/c1-6-28-19-8-7-15(12-17(19)25(3,4)5)22-24-23(27-13-26-22)21-16-11-14(2)29-18(16)9-10-20(21)30-24/h6-10,12-14H,1,11H2,2-5H3. The second-order valence-electron chi connectivity index (χ2n) is 8.80. The molecular weight excluding hydrogens is 424 g/mol. The Morgan fingerprint density at radius 3 is 2.77 bits per heavy atom. The highest BCUT2D eigenvalue weighted by Crippen LogP contribution is 2.47. The molecule has 5 heteroatoms. The molecule has 2 nitrogen and oxygen atoms in total. The smallest absolute Gasteiger partial charge is 0.116 e. The molecule has 2 aromatic heterocycles. The van der Waals surface area contributed by atoms with E-state index in [9.17, 15) is 0 Å². The monoisotopic (exact) mass is 448 g/mol. The van der Waals surface area contributed by atoms with Crippen molar-refractivity contribution in [2.45, 2.75) is 54.6 Å². The van der Waals surface area contributed by atoms with Gasteiger partial charge >= 0.3 is 0 Å². The summed E-state index contributed by atoms with van der Waals surface area (Å²) in [7, 11) is 0. The molecule has 0 bridgehead atoms. The Hall–Kier alpha value is -1.82. The molecule has 1 unspecified atom stereocenters. The first kappa shape index (κ1) is 20.1. The second kappa shape index (κ2) is 7.40. The summed E-state index contributed by atoms with van der Waals surface area (Å²) in [6.45, 7) is 13.0. The van der Waals surface area contributed by atoms with Crippen molar-refractivity contribution < 1.29 is 0 Å². The SMILES string of the molecule is C=CSc1ccc(-c2ncnc3c2sc2ccc4c(c23)CC(C)S4)cc1C(C)(C)C. The van der Waals surface area contributed by atoms with Gasteiger partial charge in [-0.3, -0.25) is 0 Å². The zero-order valence-corrected chi connectivity index (χ0v) is 20.1. The van der Waals surface area contributed by atoms with Crippen LogP contribution < -0.4 is 0 Å². The number of thioether (sulfide) groups is 2. The second-order valence-corrected chi connectivity index (χ2v) is 12.3. The molecule has 1 atom stereocenters. The number of benzene rings is 2. The normalized spacial score (nSPS) is 16.3. The number of rotatable bonds is 3. The van der Waals surface area contributed by atoms with Crippen LogP contribution in [-0.2, 0) is 11.8 Å². The van der Waals surface area contributed by atoms with Gasteiger partial charge in [0.2, 0.25) is 0 Å². The maximum atomic E-state index is 4.75. The molecule has 2 aromatic carbocycles. The first-order chi connectivity index (χ1) is 14.4. The number of aromatic nitrogens is 2. The minimum Gasteiger partial charge on any atom is -0.235 e. The summed E-state index contributed by atoms with van der Waals surface area (Å²) in [6, 6.07) is 11.3. The van der Waals surface area contributed by atoms with Crippen molar-refractivity contribution in [1.29, 1.82) is 0 Å². The van der Waals surface area contributed by atoms with E-state index >= 15 is 0 Å².